The Kier molecular flexibility index (Phi) is 3.09. The van der Waals surface area contributed by atoms with Crippen LogP contribution in [0.25, 0.3) is 0 Å². The second-order valence-corrected chi connectivity index (χ2v) is 3.87. The maximum Gasteiger partial charge on any atom is 0.0919 e. The van der Waals surface area contributed by atoms with Gasteiger partial charge in [-0.15, -0.1) is 0 Å². The molecule has 1 aliphatic carbocycles. The van der Waals surface area contributed by atoms with Crippen molar-refractivity contribution in [1.82, 2.24) is 10.2 Å². The van der Waals surface area contributed by atoms with E-state index in [0.29, 0.717) is 0 Å². The Hall–Kier alpha value is -0.960. The zero-order chi connectivity index (χ0) is 9.80. The summed E-state index contributed by atoms with van der Waals surface area (Å²) in [7, 11) is 0. The summed E-state index contributed by atoms with van der Waals surface area (Å²) < 4.78 is 0. The number of rotatable bonds is 1. The van der Waals surface area contributed by atoms with Gasteiger partial charge in [0.1, 0.15) is 0 Å². The third-order valence-corrected chi connectivity index (χ3v) is 2.90. The minimum atomic E-state index is 0.0240. The van der Waals surface area contributed by atoms with Crippen LogP contribution in [0.5, 0.6) is 0 Å². The van der Waals surface area contributed by atoms with Gasteiger partial charge < -0.3 is 5.11 Å². The molecule has 3 nitrogen and oxygen atoms in total. The van der Waals surface area contributed by atoms with E-state index in [1.807, 2.05) is 6.20 Å². The monoisotopic (exact) mass is 192 g/mol. The molecule has 3 heteroatoms. The number of aliphatic hydroxyl groups is 1. The molecule has 2 rings (SSSR count). The molecule has 1 aromatic rings. The van der Waals surface area contributed by atoms with E-state index in [1.54, 1.807) is 0 Å². The Morgan fingerprint density at radius 1 is 1.14 bits per heavy atom. The minimum absolute atomic E-state index is 0.0240. The van der Waals surface area contributed by atoms with E-state index in [0.717, 1.165) is 18.5 Å². The standard InChI is InChI=1S/C11H16N2O/c14-8-11-10-6-4-2-1-3-5-9(10)7-12-13-11/h7,14H,1-6,8H2. The van der Waals surface area contributed by atoms with Gasteiger partial charge in [0.25, 0.3) is 0 Å². The molecule has 76 valence electrons. The average Bonchev–Trinajstić information content (AvgIpc) is 2.18. The van der Waals surface area contributed by atoms with Crippen LogP contribution in [0, 0.1) is 0 Å². The smallest absolute Gasteiger partial charge is 0.0919 e. The van der Waals surface area contributed by atoms with E-state index in [-0.39, 0.29) is 6.61 Å². The normalized spacial score (nSPS) is 16.9. The minimum Gasteiger partial charge on any atom is -0.390 e. The number of aromatic nitrogens is 2. The summed E-state index contributed by atoms with van der Waals surface area (Å²) in [5, 5.41) is 17.1. The second-order valence-electron chi connectivity index (χ2n) is 3.87. The van der Waals surface area contributed by atoms with Crippen LogP contribution in [-0.4, -0.2) is 15.3 Å². The number of hydrogen-bond donors (Lipinski definition) is 1. The molecule has 1 aromatic heterocycles. The maximum atomic E-state index is 9.15. The SMILES string of the molecule is OCc1nncc2c1CCCCCC2. The Bertz CT molecular complexity index is 312. The quantitative estimate of drug-likeness (QED) is 0.735. The molecule has 0 atom stereocenters. The molecule has 0 aromatic carbocycles. The molecule has 1 N–H and O–H groups in total. The zero-order valence-corrected chi connectivity index (χ0v) is 8.37. The second kappa shape index (κ2) is 4.51. The molecular formula is C11H16N2O. The Morgan fingerprint density at radius 2 is 1.93 bits per heavy atom. The maximum absolute atomic E-state index is 9.15. The summed E-state index contributed by atoms with van der Waals surface area (Å²) in [6.45, 7) is 0.0240. The molecule has 0 bridgehead atoms. The van der Waals surface area contributed by atoms with E-state index >= 15 is 0 Å². The van der Waals surface area contributed by atoms with Crippen molar-refractivity contribution in [2.45, 2.75) is 45.1 Å². The van der Waals surface area contributed by atoms with Gasteiger partial charge in [0.05, 0.1) is 18.5 Å². The zero-order valence-electron chi connectivity index (χ0n) is 8.37. The van der Waals surface area contributed by atoms with Crippen LogP contribution in [0.4, 0.5) is 0 Å². The molecular weight excluding hydrogens is 176 g/mol. The first-order valence-electron chi connectivity index (χ1n) is 5.35. The lowest BCUT2D eigenvalue weighted by atomic mass is 9.94. The molecule has 0 radical (unpaired) electrons. The predicted molar refractivity (Wildman–Crippen MR) is 53.8 cm³/mol. The highest BCUT2D eigenvalue weighted by Crippen LogP contribution is 2.21. The lowest BCUT2D eigenvalue weighted by Gasteiger charge is -2.14. The molecule has 0 saturated heterocycles. The fraction of sp³-hybridized carbons (Fsp3) is 0.636. The summed E-state index contributed by atoms with van der Waals surface area (Å²) in [5.41, 5.74) is 3.33. The lowest BCUT2D eigenvalue weighted by molar-refractivity contribution is 0.273. The van der Waals surface area contributed by atoms with Crippen LogP contribution in [0.3, 0.4) is 0 Å². The third-order valence-electron chi connectivity index (χ3n) is 2.90. The van der Waals surface area contributed by atoms with Gasteiger partial charge in [0.15, 0.2) is 0 Å². The molecule has 0 spiro atoms. The number of nitrogens with zero attached hydrogens (tertiary/aromatic N) is 2. The predicted octanol–water partition coefficient (Wildman–Crippen LogP) is 1.63. The summed E-state index contributed by atoms with van der Waals surface area (Å²) in [5.74, 6) is 0. The van der Waals surface area contributed by atoms with Crippen molar-refractivity contribution in [2.75, 3.05) is 0 Å². The van der Waals surface area contributed by atoms with Gasteiger partial charge >= 0.3 is 0 Å². The number of hydrogen-bond acceptors (Lipinski definition) is 3. The van der Waals surface area contributed by atoms with Crippen molar-refractivity contribution < 1.29 is 5.11 Å². The summed E-state index contributed by atoms with van der Waals surface area (Å²) in [6.07, 6.45) is 9.08. The van der Waals surface area contributed by atoms with Gasteiger partial charge in [0.2, 0.25) is 0 Å². The molecule has 0 fully saturated rings. The van der Waals surface area contributed by atoms with Crippen molar-refractivity contribution in [3.05, 3.63) is 23.0 Å². The summed E-state index contributed by atoms with van der Waals surface area (Å²) >= 11 is 0. The van der Waals surface area contributed by atoms with E-state index < -0.39 is 0 Å². The first kappa shape index (κ1) is 9.59. The first-order chi connectivity index (χ1) is 6.92. The van der Waals surface area contributed by atoms with Gasteiger partial charge in [0, 0.05) is 0 Å². The largest absolute Gasteiger partial charge is 0.390 e. The third kappa shape index (κ3) is 1.93. The van der Waals surface area contributed by atoms with E-state index in [9.17, 15) is 0 Å². The lowest BCUT2D eigenvalue weighted by Crippen LogP contribution is -2.07. The van der Waals surface area contributed by atoms with Crippen LogP contribution in [0.15, 0.2) is 6.20 Å². The molecule has 0 aliphatic heterocycles. The number of aliphatic hydroxyl groups excluding tert-OH is 1. The van der Waals surface area contributed by atoms with Gasteiger partial charge in [-0.1, -0.05) is 12.8 Å². The highest BCUT2D eigenvalue weighted by atomic mass is 16.3. The van der Waals surface area contributed by atoms with Crippen LogP contribution in [0.1, 0.15) is 42.5 Å². The van der Waals surface area contributed by atoms with Gasteiger partial charge in [-0.05, 0) is 36.8 Å². The fourth-order valence-corrected chi connectivity index (χ4v) is 2.11. The highest BCUT2D eigenvalue weighted by molar-refractivity contribution is 5.28. The topological polar surface area (TPSA) is 46.0 Å². The Morgan fingerprint density at radius 3 is 2.71 bits per heavy atom. The van der Waals surface area contributed by atoms with Crippen LogP contribution in [-0.2, 0) is 19.4 Å². The summed E-state index contributed by atoms with van der Waals surface area (Å²) in [6, 6.07) is 0. The van der Waals surface area contributed by atoms with Crippen molar-refractivity contribution in [3.63, 3.8) is 0 Å². The van der Waals surface area contributed by atoms with E-state index in [1.165, 1.54) is 36.8 Å². The van der Waals surface area contributed by atoms with Crippen LogP contribution < -0.4 is 0 Å². The van der Waals surface area contributed by atoms with Crippen molar-refractivity contribution in [1.29, 1.82) is 0 Å². The Labute approximate surface area is 84.2 Å². The van der Waals surface area contributed by atoms with Gasteiger partial charge in [-0.25, -0.2) is 0 Å². The highest BCUT2D eigenvalue weighted by Gasteiger charge is 2.11. The van der Waals surface area contributed by atoms with Crippen molar-refractivity contribution in [2.24, 2.45) is 0 Å². The molecule has 0 amide bonds. The summed E-state index contributed by atoms with van der Waals surface area (Å²) in [4.78, 5) is 0. The van der Waals surface area contributed by atoms with Crippen LogP contribution in [0.2, 0.25) is 0 Å². The molecule has 0 saturated carbocycles. The average molecular weight is 192 g/mol. The van der Waals surface area contributed by atoms with E-state index in [4.69, 9.17) is 5.11 Å². The molecule has 1 heterocycles. The van der Waals surface area contributed by atoms with Gasteiger partial charge in [-0.2, -0.15) is 10.2 Å². The molecule has 14 heavy (non-hydrogen) atoms. The Balaban J connectivity index is 2.33. The number of fused-ring (bicyclic) bond motifs is 1. The fourth-order valence-electron chi connectivity index (χ4n) is 2.11. The van der Waals surface area contributed by atoms with Crippen LogP contribution >= 0.6 is 0 Å². The van der Waals surface area contributed by atoms with E-state index in [2.05, 4.69) is 10.2 Å². The van der Waals surface area contributed by atoms with Crippen molar-refractivity contribution in [3.8, 4) is 0 Å². The van der Waals surface area contributed by atoms with Gasteiger partial charge in [-0.3, -0.25) is 0 Å². The first-order valence-corrected chi connectivity index (χ1v) is 5.35. The molecule has 1 aliphatic rings. The number of aryl methyl sites for hydroxylation is 1. The molecule has 0 unspecified atom stereocenters. The van der Waals surface area contributed by atoms with Crippen molar-refractivity contribution >= 4 is 0 Å².